The number of rotatable bonds is 5. The average molecular weight is 384 g/mol. The first-order chi connectivity index (χ1) is 9.39. The molecule has 0 atom stereocenters. The van der Waals surface area contributed by atoms with E-state index in [0.717, 1.165) is 30.2 Å². The van der Waals surface area contributed by atoms with Gasteiger partial charge in [0, 0.05) is 20.7 Å². The Kier molecular flexibility index (Phi) is 5.20. The fourth-order valence-electron chi connectivity index (χ4n) is 2.37. The molecule has 20 heavy (non-hydrogen) atoms. The van der Waals surface area contributed by atoms with Crippen LogP contribution in [0.25, 0.3) is 0 Å². The molecule has 1 fully saturated rings. The monoisotopic (exact) mass is 382 g/mol. The van der Waals surface area contributed by atoms with Crippen LogP contribution in [-0.2, 0) is 14.8 Å². The van der Waals surface area contributed by atoms with Gasteiger partial charge in [-0.2, -0.15) is 0 Å². The molecule has 0 spiro atoms. The molecule has 1 aliphatic carbocycles. The lowest BCUT2D eigenvalue weighted by Gasteiger charge is -2.19. The van der Waals surface area contributed by atoms with Crippen molar-refractivity contribution in [1.29, 1.82) is 0 Å². The lowest BCUT2D eigenvalue weighted by atomic mass is 10.2. The summed E-state index contributed by atoms with van der Waals surface area (Å²) in [6, 6.07) is 3.46. The molecule has 1 aromatic carbocycles. The minimum atomic E-state index is -3.66. The van der Waals surface area contributed by atoms with Crippen molar-refractivity contribution >= 4 is 35.7 Å². The lowest BCUT2D eigenvalue weighted by Crippen LogP contribution is -2.13. The summed E-state index contributed by atoms with van der Waals surface area (Å²) in [7, 11) is 3.24. The van der Waals surface area contributed by atoms with Crippen LogP contribution in [0.1, 0.15) is 31.2 Å². The van der Waals surface area contributed by atoms with E-state index in [-0.39, 0.29) is 11.9 Å². The maximum atomic E-state index is 11.4. The van der Waals surface area contributed by atoms with Crippen LogP contribution in [0.15, 0.2) is 16.6 Å². The first kappa shape index (κ1) is 15.9. The predicted molar refractivity (Wildman–Crippen MR) is 82.1 cm³/mol. The van der Waals surface area contributed by atoms with Crippen LogP contribution in [0.5, 0.6) is 11.5 Å². The van der Waals surface area contributed by atoms with Gasteiger partial charge in [0.25, 0.3) is 0 Å². The summed E-state index contributed by atoms with van der Waals surface area (Å²) in [6.45, 7) is 0. The molecule has 0 aromatic heterocycles. The summed E-state index contributed by atoms with van der Waals surface area (Å²) in [6.07, 6.45) is 4.33. The number of methoxy groups -OCH3 is 1. The largest absolute Gasteiger partial charge is 0.493 e. The molecule has 7 heteroatoms. The van der Waals surface area contributed by atoms with Crippen molar-refractivity contribution in [3.8, 4) is 11.5 Å². The quantitative estimate of drug-likeness (QED) is 0.725. The van der Waals surface area contributed by atoms with E-state index < -0.39 is 9.05 Å². The van der Waals surface area contributed by atoms with E-state index in [1.54, 1.807) is 12.1 Å². The molecule has 0 unspecified atom stereocenters. The summed E-state index contributed by atoms with van der Waals surface area (Å²) in [5, 5.41) is 0. The average Bonchev–Trinajstić information content (AvgIpc) is 2.83. The van der Waals surface area contributed by atoms with Gasteiger partial charge in [-0.05, 0) is 37.8 Å². The van der Waals surface area contributed by atoms with E-state index in [9.17, 15) is 8.42 Å². The Morgan fingerprint density at radius 2 is 2.00 bits per heavy atom. The molecular weight excluding hydrogens is 368 g/mol. The topological polar surface area (TPSA) is 52.6 Å². The van der Waals surface area contributed by atoms with E-state index >= 15 is 0 Å². The highest BCUT2D eigenvalue weighted by Gasteiger charge is 2.23. The van der Waals surface area contributed by atoms with Crippen molar-refractivity contribution in [2.45, 2.75) is 37.5 Å². The minimum absolute atomic E-state index is 0.113. The Balaban J connectivity index is 2.38. The van der Waals surface area contributed by atoms with Gasteiger partial charge in [0.2, 0.25) is 9.05 Å². The van der Waals surface area contributed by atoms with Crippen molar-refractivity contribution in [1.82, 2.24) is 0 Å². The van der Waals surface area contributed by atoms with Gasteiger partial charge in [-0.15, -0.1) is 0 Å². The Morgan fingerprint density at radius 3 is 2.55 bits per heavy atom. The van der Waals surface area contributed by atoms with E-state index in [1.165, 1.54) is 7.11 Å². The molecular formula is C13H16BrClO4S. The maximum absolute atomic E-state index is 11.4. The number of halogens is 2. The Bertz CT molecular complexity index is 582. The highest BCUT2D eigenvalue weighted by molar-refractivity contribution is 9.10. The minimum Gasteiger partial charge on any atom is -0.493 e. The molecule has 0 N–H and O–H groups in total. The zero-order chi connectivity index (χ0) is 14.8. The van der Waals surface area contributed by atoms with E-state index in [4.69, 9.17) is 20.2 Å². The van der Waals surface area contributed by atoms with E-state index in [0.29, 0.717) is 17.1 Å². The highest BCUT2D eigenvalue weighted by Crippen LogP contribution is 2.38. The third kappa shape index (κ3) is 4.27. The Labute approximate surface area is 132 Å². The molecule has 0 aliphatic heterocycles. The standard InChI is InChI=1S/C13H16BrClO4S/c1-18-12-7-10(14)6-9(8-20(15,16)17)13(12)19-11-4-2-3-5-11/h6-7,11H,2-5,8H2,1H3. The Morgan fingerprint density at radius 1 is 1.35 bits per heavy atom. The molecule has 0 bridgehead atoms. The van der Waals surface area contributed by atoms with Gasteiger partial charge >= 0.3 is 0 Å². The highest BCUT2D eigenvalue weighted by atomic mass is 79.9. The Hall–Kier alpha value is -0.460. The summed E-state index contributed by atoms with van der Waals surface area (Å²) in [4.78, 5) is 0. The second kappa shape index (κ2) is 6.54. The van der Waals surface area contributed by atoms with Gasteiger partial charge in [0.1, 0.15) is 0 Å². The summed E-state index contributed by atoms with van der Waals surface area (Å²) in [5.41, 5.74) is 0.512. The second-order valence-corrected chi connectivity index (χ2v) is 8.50. The van der Waals surface area contributed by atoms with Gasteiger partial charge in [-0.25, -0.2) is 8.42 Å². The molecule has 1 aromatic rings. The fourth-order valence-corrected chi connectivity index (χ4v) is 3.80. The number of benzene rings is 1. The molecule has 0 amide bonds. The van der Waals surface area contributed by atoms with Gasteiger partial charge in [0.05, 0.1) is 19.0 Å². The normalized spacial score (nSPS) is 16.4. The molecule has 0 heterocycles. The number of hydrogen-bond acceptors (Lipinski definition) is 4. The number of ether oxygens (including phenoxy) is 2. The van der Waals surface area contributed by atoms with Crippen molar-refractivity contribution in [2.75, 3.05) is 7.11 Å². The zero-order valence-electron chi connectivity index (χ0n) is 11.1. The van der Waals surface area contributed by atoms with Crippen molar-refractivity contribution in [2.24, 2.45) is 0 Å². The van der Waals surface area contributed by atoms with Crippen LogP contribution in [0, 0.1) is 0 Å². The molecule has 112 valence electrons. The first-order valence-electron chi connectivity index (χ1n) is 6.34. The molecule has 2 rings (SSSR count). The number of hydrogen-bond donors (Lipinski definition) is 0. The van der Waals surface area contributed by atoms with Crippen LogP contribution in [0.4, 0.5) is 0 Å². The smallest absolute Gasteiger partial charge is 0.236 e. The first-order valence-corrected chi connectivity index (χ1v) is 9.61. The molecule has 0 radical (unpaired) electrons. The third-order valence-corrected chi connectivity index (χ3v) is 4.67. The summed E-state index contributed by atoms with van der Waals surface area (Å²) >= 11 is 3.33. The van der Waals surface area contributed by atoms with E-state index in [1.807, 2.05) is 0 Å². The van der Waals surface area contributed by atoms with Crippen LogP contribution in [0.2, 0.25) is 0 Å². The van der Waals surface area contributed by atoms with Crippen molar-refractivity contribution < 1.29 is 17.9 Å². The molecule has 1 saturated carbocycles. The van der Waals surface area contributed by atoms with Crippen LogP contribution < -0.4 is 9.47 Å². The van der Waals surface area contributed by atoms with Crippen LogP contribution >= 0.6 is 26.6 Å². The van der Waals surface area contributed by atoms with Gasteiger partial charge < -0.3 is 9.47 Å². The zero-order valence-corrected chi connectivity index (χ0v) is 14.2. The summed E-state index contributed by atoms with van der Waals surface area (Å²) < 4.78 is 34.7. The molecule has 1 aliphatic rings. The third-order valence-electron chi connectivity index (χ3n) is 3.23. The second-order valence-electron chi connectivity index (χ2n) is 4.80. The fraction of sp³-hybridized carbons (Fsp3) is 0.538. The predicted octanol–water partition coefficient (Wildman–Crippen LogP) is 3.85. The summed E-state index contributed by atoms with van der Waals surface area (Å²) in [5.74, 6) is 0.709. The molecule has 4 nitrogen and oxygen atoms in total. The van der Waals surface area contributed by atoms with E-state index in [2.05, 4.69) is 15.9 Å². The van der Waals surface area contributed by atoms with Crippen LogP contribution in [0.3, 0.4) is 0 Å². The van der Waals surface area contributed by atoms with Crippen molar-refractivity contribution in [3.63, 3.8) is 0 Å². The van der Waals surface area contributed by atoms with Gasteiger partial charge in [0.15, 0.2) is 11.5 Å². The lowest BCUT2D eigenvalue weighted by molar-refractivity contribution is 0.199. The van der Waals surface area contributed by atoms with Gasteiger partial charge in [-0.3, -0.25) is 0 Å². The van der Waals surface area contributed by atoms with Crippen molar-refractivity contribution in [3.05, 3.63) is 22.2 Å². The van der Waals surface area contributed by atoms with Crippen LogP contribution in [-0.4, -0.2) is 21.6 Å². The SMILES string of the molecule is COc1cc(Br)cc(CS(=O)(=O)Cl)c1OC1CCCC1. The molecule has 0 saturated heterocycles. The maximum Gasteiger partial charge on any atom is 0.236 e. The van der Waals surface area contributed by atoms with Gasteiger partial charge in [-0.1, -0.05) is 15.9 Å².